The fourth-order valence-corrected chi connectivity index (χ4v) is 3.75. The molecule has 1 nitrogen and oxygen atoms in total. The van der Waals surface area contributed by atoms with Gasteiger partial charge in [0.1, 0.15) is 0 Å². The Morgan fingerprint density at radius 3 is 2.87 bits per heavy atom. The Kier molecular flexibility index (Phi) is 3.43. The van der Waals surface area contributed by atoms with E-state index < -0.39 is 5.60 Å². The number of rotatable bonds is 1. The van der Waals surface area contributed by atoms with E-state index in [2.05, 4.69) is 28.9 Å². The predicted molar refractivity (Wildman–Crippen MR) is 69.3 cm³/mol. The molecule has 3 heteroatoms. The van der Waals surface area contributed by atoms with E-state index in [4.69, 9.17) is 0 Å². The zero-order chi connectivity index (χ0) is 10.9. The lowest BCUT2D eigenvalue weighted by molar-refractivity contribution is 0.0489. The van der Waals surface area contributed by atoms with Crippen LogP contribution in [0.1, 0.15) is 24.0 Å². The average Bonchev–Trinajstić information content (AvgIpc) is 2.18. The summed E-state index contributed by atoms with van der Waals surface area (Å²) in [6, 6.07) is 6.14. The van der Waals surface area contributed by atoms with Crippen LogP contribution < -0.4 is 0 Å². The summed E-state index contributed by atoms with van der Waals surface area (Å²) in [4.78, 5) is 0. The first-order valence-electron chi connectivity index (χ1n) is 5.19. The Hall–Kier alpha value is 0.01000. The molecule has 0 aliphatic carbocycles. The topological polar surface area (TPSA) is 20.2 Å². The van der Waals surface area contributed by atoms with E-state index in [1.165, 1.54) is 11.3 Å². The standard InChI is InChI=1S/C12H15BrOS/c1-9-7-10(13)3-4-11(9)12(14)5-2-6-15-8-12/h3-4,7,14H,2,5-6,8H2,1H3/t12-/m0/s1. The summed E-state index contributed by atoms with van der Waals surface area (Å²) in [7, 11) is 0. The van der Waals surface area contributed by atoms with Crippen molar-refractivity contribution >= 4 is 27.7 Å². The van der Waals surface area contributed by atoms with Gasteiger partial charge in [-0.05, 0) is 48.8 Å². The molecule has 0 saturated carbocycles. The minimum atomic E-state index is -0.603. The third kappa shape index (κ3) is 2.40. The van der Waals surface area contributed by atoms with Crippen molar-refractivity contribution in [2.24, 2.45) is 0 Å². The number of thioether (sulfide) groups is 1. The predicted octanol–water partition coefficient (Wildman–Crippen LogP) is 3.47. The Morgan fingerprint density at radius 2 is 2.27 bits per heavy atom. The third-order valence-corrected chi connectivity index (χ3v) is 4.66. The summed E-state index contributed by atoms with van der Waals surface area (Å²) in [5.41, 5.74) is 1.67. The lowest BCUT2D eigenvalue weighted by Gasteiger charge is -2.33. The Balaban J connectivity index is 2.35. The lowest BCUT2D eigenvalue weighted by Crippen LogP contribution is -2.32. The molecule has 1 aliphatic rings. The highest BCUT2D eigenvalue weighted by atomic mass is 79.9. The lowest BCUT2D eigenvalue weighted by atomic mass is 9.88. The smallest absolute Gasteiger partial charge is 0.0989 e. The largest absolute Gasteiger partial charge is 0.384 e. The fraction of sp³-hybridized carbons (Fsp3) is 0.500. The van der Waals surface area contributed by atoms with Crippen molar-refractivity contribution in [1.29, 1.82) is 0 Å². The quantitative estimate of drug-likeness (QED) is 0.853. The molecule has 0 radical (unpaired) electrons. The van der Waals surface area contributed by atoms with Gasteiger partial charge in [0.05, 0.1) is 5.60 Å². The summed E-state index contributed by atoms with van der Waals surface area (Å²) in [5.74, 6) is 2.01. The molecule has 82 valence electrons. The average molecular weight is 287 g/mol. The van der Waals surface area contributed by atoms with E-state index in [1.54, 1.807) is 0 Å². The highest BCUT2D eigenvalue weighted by Gasteiger charge is 2.32. The van der Waals surface area contributed by atoms with Crippen LogP contribution in [-0.4, -0.2) is 16.6 Å². The van der Waals surface area contributed by atoms with Crippen LogP contribution in [0.25, 0.3) is 0 Å². The summed E-state index contributed by atoms with van der Waals surface area (Å²) >= 11 is 5.30. The van der Waals surface area contributed by atoms with Crippen molar-refractivity contribution in [3.63, 3.8) is 0 Å². The fourth-order valence-electron chi connectivity index (χ4n) is 2.14. The van der Waals surface area contributed by atoms with Crippen molar-refractivity contribution in [3.8, 4) is 0 Å². The van der Waals surface area contributed by atoms with E-state index in [-0.39, 0.29) is 0 Å². The first-order chi connectivity index (χ1) is 7.12. The molecule has 0 spiro atoms. The number of hydrogen-bond donors (Lipinski definition) is 1. The molecule has 1 atom stereocenters. The Morgan fingerprint density at radius 1 is 1.47 bits per heavy atom. The highest BCUT2D eigenvalue weighted by molar-refractivity contribution is 9.10. The van der Waals surface area contributed by atoms with Crippen LogP contribution in [0, 0.1) is 6.92 Å². The van der Waals surface area contributed by atoms with Crippen LogP contribution in [0.3, 0.4) is 0 Å². The first-order valence-corrected chi connectivity index (χ1v) is 7.13. The summed E-state index contributed by atoms with van der Waals surface area (Å²) < 4.78 is 1.08. The molecule has 1 fully saturated rings. The molecule has 1 heterocycles. The molecule has 0 bridgehead atoms. The van der Waals surface area contributed by atoms with E-state index in [9.17, 15) is 5.11 Å². The van der Waals surface area contributed by atoms with Crippen LogP contribution in [-0.2, 0) is 5.60 Å². The zero-order valence-corrected chi connectivity index (χ0v) is 11.2. The molecule has 15 heavy (non-hydrogen) atoms. The van der Waals surface area contributed by atoms with Crippen molar-refractivity contribution in [2.45, 2.75) is 25.4 Å². The molecule has 1 saturated heterocycles. The van der Waals surface area contributed by atoms with Gasteiger partial charge < -0.3 is 5.11 Å². The van der Waals surface area contributed by atoms with Gasteiger partial charge in [-0.2, -0.15) is 11.8 Å². The molecule has 1 aromatic rings. The maximum absolute atomic E-state index is 10.6. The van der Waals surface area contributed by atoms with Gasteiger partial charge in [0.2, 0.25) is 0 Å². The number of hydrogen-bond acceptors (Lipinski definition) is 2. The maximum Gasteiger partial charge on any atom is 0.0989 e. The van der Waals surface area contributed by atoms with E-state index >= 15 is 0 Å². The molecule has 0 unspecified atom stereocenters. The van der Waals surface area contributed by atoms with Crippen LogP contribution in [0.15, 0.2) is 22.7 Å². The van der Waals surface area contributed by atoms with E-state index in [0.29, 0.717) is 0 Å². The number of aryl methyl sites for hydroxylation is 1. The second-order valence-corrected chi connectivity index (χ2v) is 6.17. The summed E-state index contributed by atoms with van der Waals surface area (Å²) in [6.07, 6.45) is 2.00. The summed E-state index contributed by atoms with van der Waals surface area (Å²) in [6.45, 7) is 2.07. The molecular weight excluding hydrogens is 272 g/mol. The van der Waals surface area contributed by atoms with Gasteiger partial charge in [-0.3, -0.25) is 0 Å². The normalized spacial score (nSPS) is 26.6. The molecule has 0 aromatic heterocycles. The minimum Gasteiger partial charge on any atom is -0.384 e. The van der Waals surface area contributed by atoms with Gasteiger partial charge in [-0.25, -0.2) is 0 Å². The van der Waals surface area contributed by atoms with Crippen molar-refractivity contribution in [2.75, 3.05) is 11.5 Å². The van der Waals surface area contributed by atoms with Crippen LogP contribution in [0.5, 0.6) is 0 Å². The SMILES string of the molecule is Cc1cc(Br)ccc1[C@]1(O)CCCSC1. The molecule has 1 aliphatic heterocycles. The van der Waals surface area contributed by atoms with Gasteiger partial charge in [-0.1, -0.05) is 22.0 Å². The van der Waals surface area contributed by atoms with Crippen molar-refractivity contribution < 1.29 is 5.11 Å². The molecule has 2 rings (SSSR count). The third-order valence-electron chi connectivity index (χ3n) is 2.91. The summed E-state index contributed by atoms with van der Waals surface area (Å²) in [5, 5.41) is 10.6. The van der Waals surface area contributed by atoms with Crippen molar-refractivity contribution in [1.82, 2.24) is 0 Å². The Bertz CT molecular complexity index is 359. The van der Waals surface area contributed by atoms with Crippen LogP contribution in [0.4, 0.5) is 0 Å². The first kappa shape index (κ1) is 11.5. The monoisotopic (exact) mass is 286 g/mol. The minimum absolute atomic E-state index is 0.603. The maximum atomic E-state index is 10.6. The second-order valence-electron chi connectivity index (χ2n) is 4.15. The van der Waals surface area contributed by atoms with E-state index in [0.717, 1.165) is 28.6 Å². The van der Waals surface area contributed by atoms with Gasteiger partial charge >= 0.3 is 0 Å². The van der Waals surface area contributed by atoms with Gasteiger partial charge in [0.25, 0.3) is 0 Å². The molecule has 1 N–H and O–H groups in total. The van der Waals surface area contributed by atoms with Gasteiger partial charge in [0, 0.05) is 10.2 Å². The van der Waals surface area contributed by atoms with Gasteiger partial charge in [-0.15, -0.1) is 0 Å². The van der Waals surface area contributed by atoms with Crippen molar-refractivity contribution in [3.05, 3.63) is 33.8 Å². The Labute approximate surface area is 103 Å². The van der Waals surface area contributed by atoms with E-state index in [1.807, 2.05) is 23.9 Å². The second kappa shape index (κ2) is 4.48. The number of halogens is 1. The molecular formula is C12H15BrOS. The number of benzene rings is 1. The van der Waals surface area contributed by atoms with Crippen LogP contribution >= 0.6 is 27.7 Å². The molecule has 1 aromatic carbocycles. The molecule has 0 amide bonds. The highest BCUT2D eigenvalue weighted by Crippen LogP contribution is 2.37. The zero-order valence-electron chi connectivity index (χ0n) is 8.79. The van der Waals surface area contributed by atoms with Crippen LogP contribution in [0.2, 0.25) is 0 Å². The van der Waals surface area contributed by atoms with Gasteiger partial charge in [0.15, 0.2) is 0 Å². The number of aliphatic hydroxyl groups is 1.